The molecular formula is C16H15N5O. The maximum absolute atomic E-state index is 11.2. The van der Waals surface area contributed by atoms with Crippen LogP contribution >= 0.6 is 0 Å². The van der Waals surface area contributed by atoms with Gasteiger partial charge in [0.2, 0.25) is 5.95 Å². The van der Waals surface area contributed by atoms with Gasteiger partial charge in [-0.3, -0.25) is 4.79 Å². The van der Waals surface area contributed by atoms with Crippen LogP contribution in [0.5, 0.6) is 0 Å². The SMILES string of the molecule is Cc1cccc(-c2nc(NC3CC3)n3ncc(C=O)c3n2)c1. The molecule has 1 N–H and O–H groups in total. The number of aryl methyl sites for hydroxylation is 1. The molecule has 0 spiro atoms. The Morgan fingerprint density at radius 1 is 1.32 bits per heavy atom. The number of nitrogens with zero attached hydrogens (tertiary/aromatic N) is 4. The van der Waals surface area contributed by atoms with E-state index < -0.39 is 0 Å². The Morgan fingerprint density at radius 3 is 2.91 bits per heavy atom. The zero-order valence-electron chi connectivity index (χ0n) is 12.2. The average Bonchev–Trinajstić information content (AvgIpc) is 3.24. The third-order valence-electron chi connectivity index (χ3n) is 3.71. The molecule has 1 fully saturated rings. The normalized spacial score (nSPS) is 14.2. The van der Waals surface area contributed by atoms with Gasteiger partial charge in [-0.05, 0) is 25.8 Å². The van der Waals surface area contributed by atoms with E-state index >= 15 is 0 Å². The van der Waals surface area contributed by atoms with Gasteiger partial charge in [-0.25, -0.2) is 4.98 Å². The molecule has 1 aliphatic rings. The molecule has 22 heavy (non-hydrogen) atoms. The number of aldehydes is 1. The number of rotatable bonds is 4. The van der Waals surface area contributed by atoms with Gasteiger partial charge in [-0.15, -0.1) is 0 Å². The van der Waals surface area contributed by atoms with Crippen LogP contribution in [-0.2, 0) is 0 Å². The highest BCUT2D eigenvalue weighted by atomic mass is 16.1. The van der Waals surface area contributed by atoms with Gasteiger partial charge in [0.25, 0.3) is 0 Å². The molecule has 4 rings (SSSR count). The topological polar surface area (TPSA) is 72.2 Å². The Morgan fingerprint density at radius 2 is 2.18 bits per heavy atom. The van der Waals surface area contributed by atoms with Gasteiger partial charge in [0, 0.05) is 11.6 Å². The molecule has 0 saturated heterocycles. The maximum Gasteiger partial charge on any atom is 0.228 e. The van der Waals surface area contributed by atoms with E-state index in [0.29, 0.717) is 29.0 Å². The molecule has 1 aromatic carbocycles. The molecule has 0 atom stereocenters. The van der Waals surface area contributed by atoms with Crippen molar-refractivity contribution in [2.45, 2.75) is 25.8 Å². The Bertz CT molecular complexity index is 866. The third kappa shape index (κ3) is 2.22. The van der Waals surface area contributed by atoms with Crippen LogP contribution in [0.4, 0.5) is 5.95 Å². The van der Waals surface area contributed by atoms with E-state index in [-0.39, 0.29) is 0 Å². The summed E-state index contributed by atoms with van der Waals surface area (Å²) in [5.74, 6) is 1.24. The van der Waals surface area contributed by atoms with Crippen molar-refractivity contribution in [3.05, 3.63) is 41.6 Å². The molecule has 2 aromatic heterocycles. The molecule has 3 aromatic rings. The van der Waals surface area contributed by atoms with Gasteiger partial charge in [-0.2, -0.15) is 14.6 Å². The van der Waals surface area contributed by atoms with E-state index in [4.69, 9.17) is 0 Å². The highest BCUT2D eigenvalue weighted by molar-refractivity contribution is 5.84. The number of anilines is 1. The van der Waals surface area contributed by atoms with Gasteiger partial charge in [0.15, 0.2) is 17.8 Å². The minimum Gasteiger partial charge on any atom is -0.351 e. The van der Waals surface area contributed by atoms with Crippen molar-refractivity contribution >= 4 is 17.9 Å². The van der Waals surface area contributed by atoms with Crippen molar-refractivity contribution in [2.24, 2.45) is 0 Å². The Labute approximate surface area is 127 Å². The minimum atomic E-state index is 0.437. The van der Waals surface area contributed by atoms with Crippen molar-refractivity contribution in [1.29, 1.82) is 0 Å². The predicted molar refractivity (Wildman–Crippen MR) is 83.0 cm³/mol. The van der Waals surface area contributed by atoms with E-state index in [1.54, 1.807) is 4.52 Å². The monoisotopic (exact) mass is 293 g/mol. The number of nitrogens with one attached hydrogen (secondary N) is 1. The highest BCUT2D eigenvalue weighted by Crippen LogP contribution is 2.26. The lowest BCUT2D eigenvalue weighted by Gasteiger charge is -2.09. The van der Waals surface area contributed by atoms with E-state index in [1.807, 2.05) is 31.2 Å². The second-order valence-electron chi connectivity index (χ2n) is 5.61. The first-order valence-corrected chi connectivity index (χ1v) is 7.29. The lowest BCUT2D eigenvalue weighted by atomic mass is 10.1. The number of carbonyl (C=O) groups is 1. The second kappa shape index (κ2) is 4.91. The first kappa shape index (κ1) is 12.9. The van der Waals surface area contributed by atoms with Crippen LogP contribution < -0.4 is 5.32 Å². The molecule has 0 bridgehead atoms. The lowest BCUT2D eigenvalue weighted by Crippen LogP contribution is -2.11. The summed E-state index contributed by atoms with van der Waals surface area (Å²) >= 11 is 0. The van der Waals surface area contributed by atoms with Crippen LogP contribution in [-0.4, -0.2) is 31.9 Å². The third-order valence-corrected chi connectivity index (χ3v) is 3.71. The summed E-state index contributed by atoms with van der Waals surface area (Å²) in [5.41, 5.74) is 3.07. The number of aromatic nitrogens is 4. The molecule has 0 amide bonds. The quantitative estimate of drug-likeness (QED) is 0.748. The molecule has 6 nitrogen and oxygen atoms in total. The van der Waals surface area contributed by atoms with E-state index in [9.17, 15) is 4.79 Å². The summed E-state index contributed by atoms with van der Waals surface area (Å²) in [5, 5.41) is 7.58. The number of fused-ring (bicyclic) bond motifs is 1. The van der Waals surface area contributed by atoms with Crippen LogP contribution in [0.3, 0.4) is 0 Å². The van der Waals surface area contributed by atoms with Crippen LogP contribution in [0.2, 0.25) is 0 Å². The fraction of sp³-hybridized carbons (Fsp3) is 0.250. The Balaban J connectivity index is 1.92. The molecule has 1 saturated carbocycles. The number of benzene rings is 1. The first-order chi connectivity index (χ1) is 10.7. The molecule has 0 unspecified atom stereocenters. The fourth-order valence-electron chi connectivity index (χ4n) is 2.39. The molecular weight excluding hydrogens is 278 g/mol. The summed E-state index contributed by atoms with van der Waals surface area (Å²) < 4.78 is 1.60. The Hall–Kier alpha value is -2.76. The molecule has 110 valence electrons. The zero-order valence-corrected chi connectivity index (χ0v) is 12.2. The van der Waals surface area contributed by atoms with Crippen molar-refractivity contribution in [3.63, 3.8) is 0 Å². The fourth-order valence-corrected chi connectivity index (χ4v) is 2.39. The zero-order chi connectivity index (χ0) is 15.1. The lowest BCUT2D eigenvalue weighted by molar-refractivity contribution is 0.112. The van der Waals surface area contributed by atoms with Gasteiger partial charge < -0.3 is 5.32 Å². The number of carbonyl (C=O) groups excluding carboxylic acids is 1. The van der Waals surface area contributed by atoms with Gasteiger partial charge in [0.05, 0.1) is 11.8 Å². The second-order valence-corrected chi connectivity index (χ2v) is 5.61. The largest absolute Gasteiger partial charge is 0.351 e. The summed E-state index contributed by atoms with van der Waals surface area (Å²) in [7, 11) is 0. The molecule has 0 radical (unpaired) electrons. The Kier molecular flexibility index (Phi) is 2.89. The highest BCUT2D eigenvalue weighted by Gasteiger charge is 2.24. The molecule has 1 aliphatic carbocycles. The standard InChI is InChI=1S/C16H15N5O/c1-10-3-2-4-11(7-10)14-19-15-12(9-22)8-17-21(15)16(20-14)18-13-5-6-13/h2-4,7-9,13H,5-6H2,1H3,(H,18,19,20). The number of hydrogen-bond acceptors (Lipinski definition) is 5. The molecule has 2 heterocycles. The summed E-state index contributed by atoms with van der Waals surface area (Å²) in [6, 6.07) is 8.44. The summed E-state index contributed by atoms with van der Waals surface area (Å²) in [6.07, 6.45) is 4.56. The average molecular weight is 293 g/mol. The van der Waals surface area contributed by atoms with Crippen LogP contribution in [0.25, 0.3) is 17.0 Å². The van der Waals surface area contributed by atoms with Gasteiger partial charge >= 0.3 is 0 Å². The van der Waals surface area contributed by atoms with Crippen LogP contribution in [0, 0.1) is 6.92 Å². The van der Waals surface area contributed by atoms with E-state index in [1.165, 1.54) is 6.20 Å². The van der Waals surface area contributed by atoms with E-state index in [0.717, 1.165) is 30.3 Å². The van der Waals surface area contributed by atoms with Crippen molar-refractivity contribution < 1.29 is 4.79 Å². The smallest absolute Gasteiger partial charge is 0.228 e. The molecule has 6 heteroatoms. The van der Waals surface area contributed by atoms with Crippen molar-refractivity contribution in [3.8, 4) is 11.4 Å². The van der Waals surface area contributed by atoms with Crippen molar-refractivity contribution in [1.82, 2.24) is 19.6 Å². The van der Waals surface area contributed by atoms with Gasteiger partial charge in [0.1, 0.15) is 0 Å². The van der Waals surface area contributed by atoms with Crippen molar-refractivity contribution in [2.75, 3.05) is 5.32 Å². The van der Waals surface area contributed by atoms with Crippen LogP contribution in [0.1, 0.15) is 28.8 Å². The van der Waals surface area contributed by atoms with Crippen LogP contribution in [0.15, 0.2) is 30.5 Å². The first-order valence-electron chi connectivity index (χ1n) is 7.29. The molecule has 0 aliphatic heterocycles. The van der Waals surface area contributed by atoms with Gasteiger partial charge in [-0.1, -0.05) is 23.8 Å². The van der Waals surface area contributed by atoms with E-state index in [2.05, 4.69) is 20.4 Å². The maximum atomic E-state index is 11.2. The number of hydrogen-bond donors (Lipinski definition) is 1. The minimum absolute atomic E-state index is 0.437. The predicted octanol–water partition coefficient (Wildman–Crippen LogP) is 2.49. The summed E-state index contributed by atoms with van der Waals surface area (Å²) in [4.78, 5) is 20.3. The summed E-state index contributed by atoms with van der Waals surface area (Å²) in [6.45, 7) is 2.03.